The van der Waals surface area contributed by atoms with Crippen LogP contribution in [-0.4, -0.2) is 24.7 Å². The first-order valence-electron chi connectivity index (χ1n) is 8.80. The third-order valence-corrected chi connectivity index (χ3v) is 4.36. The van der Waals surface area contributed by atoms with Crippen molar-refractivity contribution in [2.75, 3.05) is 19.5 Å². The molecule has 0 saturated carbocycles. The number of carbonyl (C=O) groups is 1. The Hall–Kier alpha value is -3.54. The zero-order chi connectivity index (χ0) is 20.1. The molecule has 0 unspecified atom stereocenters. The monoisotopic (exact) mass is 378 g/mol. The lowest BCUT2D eigenvalue weighted by molar-refractivity contribution is 0.102. The third kappa shape index (κ3) is 4.23. The molecule has 0 bridgehead atoms. The molecule has 0 aliphatic rings. The van der Waals surface area contributed by atoms with Crippen LogP contribution in [0.2, 0.25) is 0 Å². The maximum atomic E-state index is 12.8. The van der Waals surface area contributed by atoms with Gasteiger partial charge in [-0.3, -0.25) is 9.59 Å². The van der Waals surface area contributed by atoms with Crippen LogP contribution in [0.1, 0.15) is 21.5 Å². The van der Waals surface area contributed by atoms with Crippen molar-refractivity contribution in [2.24, 2.45) is 0 Å². The van der Waals surface area contributed by atoms with E-state index < -0.39 is 5.91 Å². The van der Waals surface area contributed by atoms with E-state index in [0.29, 0.717) is 23.7 Å². The molecule has 144 valence electrons. The van der Waals surface area contributed by atoms with Crippen molar-refractivity contribution in [3.05, 3.63) is 87.8 Å². The standard InChI is InChI=1S/C22H22N2O4/c1-15-6-4-7-16(12-15)14-24-11-5-8-18(22(24)26)21(25)23-19-10-9-17(27-2)13-20(19)28-3/h4-13H,14H2,1-3H3,(H,23,25). The van der Waals surface area contributed by atoms with E-state index in [1.165, 1.54) is 17.7 Å². The first kappa shape index (κ1) is 19.2. The molecule has 1 aromatic heterocycles. The minimum absolute atomic E-state index is 0.0630. The van der Waals surface area contributed by atoms with Gasteiger partial charge in [0.25, 0.3) is 11.5 Å². The fourth-order valence-corrected chi connectivity index (χ4v) is 2.93. The number of pyridine rings is 1. The second kappa shape index (κ2) is 8.43. The van der Waals surface area contributed by atoms with Crippen molar-refractivity contribution >= 4 is 11.6 Å². The number of nitrogens with one attached hydrogen (secondary N) is 1. The number of aryl methyl sites for hydroxylation is 1. The van der Waals surface area contributed by atoms with Crippen molar-refractivity contribution in [2.45, 2.75) is 13.5 Å². The van der Waals surface area contributed by atoms with Gasteiger partial charge in [-0.15, -0.1) is 0 Å². The Balaban J connectivity index is 1.86. The molecule has 0 spiro atoms. The lowest BCUT2D eigenvalue weighted by Crippen LogP contribution is -2.29. The van der Waals surface area contributed by atoms with Gasteiger partial charge in [0.15, 0.2) is 0 Å². The summed E-state index contributed by atoms with van der Waals surface area (Å²) in [6, 6.07) is 16.2. The molecule has 0 radical (unpaired) electrons. The molecule has 0 fully saturated rings. The van der Waals surface area contributed by atoms with Gasteiger partial charge in [0, 0.05) is 12.3 Å². The Morgan fingerprint density at radius 2 is 1.86 bits per heavy atom. The number of methoxy groups -OCH3 is 2. The summed E-state index contributed by atoms with van der Waals surface area (Å²) in [5.41, 5.74) is 2.28. The number of amides is 1. The Bertz CT molecular complexity index is 1060. The molecule has 0 saturated heterocycles. The zero-order valence-electron chi connectivity index (χ0n) is 16.1. The number of aromatic nitrogens is 1. The number of hydrogen-bond donors (Lipinski definition) is 1. The van der Waals surface area contributed by atoms with Gasteiger partial charge in [0.1, 0.15) is 17.1 Å². The normalized spacial score (nSPS) is 10.4. The van der Waals surface area contributed by atoms with Crippen LogP contribution in [0, 0.1) is 6.92 Å². The molecule has 1 amide bonds. The lowest BCUT2D eigenvalue weighted by atomic mass is 10.1. The van der Waals surface area contributed by atoms with Crippen LogP contribution in [0.3, 0.4) is 0 Å². The number of carbonyl (C=O) groups excluding carboxylic acids is 1. The van der Waals surface area contributed by atoms with E-state index in [1.807, 2.05) is 31.2 Å². The summed E-state index contributed by atoms with van der Waals surface area (Å²) < 4.78 is 12.0. The first-order valence-corrected chi connectivity index (χ1v) is 8.80. The van der Waals surface area contributed by atoms with Gasteiger partial charge in [-0.05, 0) is 36.8 Å². The molecule has 3 rings (SSSR count). The van der Waals surface area contributed by atoms with Gasteiger partial charge in [-0.25, -0.2) is 0 Å². The highest BCUT2D eigenvalue weighted by Crippen LogP contribution is 2.29. The Labute approximate surface area is 163 Å². The smallest absolute Gasteiger partial charge is 0.263 e. The summed E-state index contributed by atoms with van der Waals surface area (Å²) >= 11 is 0. The van der Waals surface area contributed by atoms with Crippen LogP contribution in [-0.2, 0) is 6.54 Å². The third-order valence-electron chi connectivity index (χ3n) is 4.36. The average Bonchev–Trinajstić information content (AvgIpc) is 2.70. The number of hydrogen-bond acceptors (Lipinski definition) is 4. The molecule has 6 nitrogen and oxygen atoms in total. The van der Waals surface area contributed by atoms with Gasteiger partial charge in [-0.1, -0.05) is 29.8 Å². The number of ether oxygens (including phenoxy) is 2. The van der Waals surface area contributed by atoms with Crippen LogP contribution in [0.4, 0.5) is 5.69 Å². The predicted octanol–water partition coefficient (Wildman–Crippen LogP) is 3.47. The second-order valence-electron chi connectivity index (χ2n) is 6.36. The van der Waals surface area contributed by atoms with Gasteiger partial charge in [0.2, 0.25) is 0 Å². The number of benzene rings is 2. The molecule has 3 aromatic rings. The van der Waals surface area contributed by atoms with Crippen molar-refractivity contribution < 1.29 is 14.3 Å². The minimum Gasteiger partial charge on any atom is -0.497 e. The van der Waals surface area contributed by atoms with Crippen molar-refractivity contribution in [1.29, 1.82) is 0 Å². The zero-order valence-corrected chi connectivity index (χ0v) is 16.1. The molecule has 2 aromatic carbocycles. The minimum atomic E-state index is -0.493. The van der Waals surface area contributed by atoms with Crippen LogP contribution >= 0.6 is 0 Å². The Kier molecular flexibility index (Phi) is 5.79. The maximum absolute atomic E-state index is 12.8. The van der Waals surface area contributed by atoms with Crippen LogP contribution in [0.5, 0.6) is 11.5 Å². The highest BCUT2D eigenvalue weighted by Gasteiger charge is 2.15. The molecule has 28 heavy (non-hydrogen) atoms. The second-order valence-corrected chi connectivity index (χ2v) is 6.36. The summed E-state index contributed by atoms with van der Waals surface area (Å²) in [4.78, 5) is 25.5. The number of rotatable bonds is 6. The van der Waals surface area contributed by atoms with Crippen molar-refractivity contribution in [1.82, 2.24) is 4.57 Å². The van der Waals surface area contributed by atoms with Gasteiger partial charge in [0.05, 0.1) is 26.5 Å². The largest absolute Gasteiger partial charge is 0.497 e. The van der Waals surface area contributed by atoms with E-state index in [2.05, 4.69) is 5.32 Å². The summed E-state index contributed by atoms with van der Waals surface area (Å²) in [5.74, 6) is 0.561. The number of anilines is 1. The topological polar surface area (TPSA) is 69.6 Å². The maximum Gasteiger partial charge on any atom is 0.263 e. The summed E-state index contributed by atoms with van der Waals surface area (Å²) in [6.07, 6.45) is 1.68. The van der Waals surface area contributed by atoms with Crippen LogP contribution < -0.4 is 20.3 Å². The lowest BCUT2D eigenvalue weighted by Gasteiger charge is -2.12. The molecule has 0 aliphatic carbocycles. The quantitative estimate of drug-likeness (QED) is 0.713. The van der Waals surface area contributed by atoms with E-state index in [1.54, 1.807) is 37.6 Å². The summed E-state index contributed by atoms with van der Waals surface area (Å²) in [7, 11) is 3.05. The molecule has 1 heterocycles. The fraction of sp³-hybridized carbons (Fsp3) is 0.182. The molecular formula is C22H22N2O4. The van der Waals surface area contributed by atoms with Crippen LogP contribution in [0.15, 0.2) is 65.6 Å². The van der Waals surface area contributed by atoms with Gasteiger partial charge >= 0.3 is 0 Å². The van der Waals surface area contributed by atoms with E-state index in [-0.39, 0.29) is 11.1 Å². The van der Waals surface area contributed by atoms with E-state index in [0.717, 1.165) is 11.1 Å². The Morgan fingerprint density at radius 1 is 1.04 bits per heavy atom. The SMILES string of the molecule is COc1ccc(NC(=O)c2cccn(Cc3cccc(C)c3)c2=O)c(OC)c1. The first-order chi connectivity index (χ1) is 13.5. The Morgan fingerprint density at radius 3 is 2.57 bits per heavy atom. The summed E-state index contributed by atoms with van der Waals surface area (Å²) in [6.45, 7) is 2.39. The molecule has 0 aliphatic heterocycles. The van der Waals surface area contributed by atoms with E-state index in [4.69, 9.17) is 9.47 Å². The van der Waals surface area contributed by atoms with Crippen LogP contribution in [0.25, 0.3) is 0 Å². The predicted molar refractivity (Wildman–Crippen MR) is 108 cm³/mol. The molecule has 6 heteroatoms. The van der Waals surface area contributed by atoms with E-state index >= 15 is 0 Å². The number of nitrogens with zero attached hydrogens (tertiary/aromatic N) is 1. The molecule has 1 N–H and O–H groups in total. The van der Waals surface area contributed by atoms with Gasteiger partial charge < -0.3 is 19.4 Å². The van der Waals surface area contributed by atoms with Crippen molar-refractivity contribution in [3.8, 4) is 11.5 Å². The van der Waals surface area contributed by atoms with E-state index in [9.17, 15) is 9.59 Å². The molecule has 0 atom stereocenters. The van der Waals surface area contributed by atoms with Gasteiger partial charge in [-0.2, -0.15) is 0 Å². The van der Waals surface area contributed by atoms with Crippen molar-refractivity contribution in [3.63, 3.8) is 0 Å². The fourth-order valence-electron chi connectivity index (χ4n) is 2.93. The molecular weight excluding hydrogens is 356 g/mol. The highest BCUT2D eigenvalue weighted by atomic mass is 16.5. The summed E-state index contributed by atoms with van der Waals surface area (Å²) in [5, 5.41) is 2.74. The highest BCUT2D eigenvalue weighted by molar-refractivity contribution is 6.04. The average molecular weight is 378 g/mol.